The van der Waals surface area contributed by atoms with Crippen molar-refractivity contribution in [3.63, 3.8) is 0 Å². The van der Waals surface area contributed by atoms with Crippen molar-refractivity contribution in [3.8, 4) is 17.1 Å². The van der Waals surface area contributed by atoms with Crippen LogP contribution < -0.4 is 10.1 Å². The Morgan fingerprint density at radius 1 is 1.48 bits per heavy atom. The molecular weight excluding hydrogens is 278 g/mol. The number of nitrogens with zero attached hydrogens (tertiary/aromatic N) is 3. The van der Waals surface area contributed by atoms with Crippen LogP contribution in [0.15, 0.2) is 18.3 Å². The molecule has 0 saturated heterocycles. The van der Waals surface area contributed by atoms with Gasteiger partial charge in [0.15, 0.2) is 0 Å². The summed E-state index contributed by atoms with van der Waals surface area (Å²) < 4.78 is 31.6. The molecule has 1 atom stereocenters. The molecule has 0 saturated carbocycles. The van der Waals surface area contributed by atoms with Gasteiger partial charge in [0.05, 0.1) is 17.0 Å². The summed E-state index contributed by atoms with van der Waals surface area (Å²) in [6, 6.07) is 3.74. The molecule has 0 radical (unpaired) electrons. The molecule has 3 rings (SSSR count). The van der Waals surface area contributed by atoms with Gasteiger partial charge in [-0.25, -0.2) is 9.97 Å². The number of hydrogen-bond acceptors (Lipinski definition) is 4. The van der Waals surface area contributed by atoms with Crippen LogP contribution in [0.5, 0.6) is 5.88 Å². The van der Waals surface area contributed by atoms with Gasteiger partial charge < -0.3 is 14.6 Å². The van der Waals surface area contributed by atoms with E-state index in [1.165, 1.54) is 6.20 Å². The van der Waals surface area contributed by atoms with Gasteiger partial charge in [-0.15, -0.1) is 0 Å². The molecular formula is C14H16F2N4O. The van der Waals surface area contributed by atoms with Gasteiger partial charge in [0, 0.05) is 25.3 Å². The van der Waals surface area contributed by atoms with Crippen LogP contribution in [0.25, 0.3) is 11.3 Å². The largest absolute Gasteiger partial charge is 0.416 e. The Bertz CT molecular complexity index is 656. The number of fused-ring (bicyclic) bond motifs is 1. The van der Waals surface area contributed by atoms with E-state index < -0.39 is 6.61 Å². The Morgan fingerprint density at radius 2 is 2.29 bits per heavy atom. The number of aromatic nitrogens is 3. The lowest BCUT2D eigenvalue weighted by Gasteiger charge is -2.24. The molecule has 1 unspecified atom stereocenters. The summed E-state index contributed by atoms with van der Waals surface area (Å²) in [5.41, 5.74) is 2.11. The molecule has 2 aromatic heterocycles. The highest BCUT2D eigenvalue weighted by Crippen LogP contribution is 2.32. The third-order valence-electron chi connectivity index (χ3n) is 3.56. The molecule has 7 heteroatoms. The second kappa shape index (κ2) is 5.40. The molecule has 5 nitrogen and oxygen atoms in total. The minimum atomic E-state index is -2.91. The van der Waals surface area contributed by atoms with Crippen molar-refractivity contribution in [3.05, 3.63) is 29.8 Å². The SMILES string of the molecule is Cc1nc(-c2cccnc2OC(F)F)c2n1CC(C)NC2. The van der Waals surface area contributed by atoms with E-state index in [0.29, 0.717) is 23.8 Å². The fourth-order valence-corrected chi connectivity index (χ4v) is 2.61. The number of ether oxygens (including phenoxy) is 1. The van der Waals surface area contributed by atoms with Gasteiger partial charge in [-0.2, -0.15) is 8.78 Å². The molecule has 21 heavy (non-hydrogen) atoms. The summed E-state index contributed by atoms with van der Waals surface area (Å²) >= 11 is 0. The number of aryl methyl sites for hydroxylation is 1. The molecule has 0 aliphatic carbocycles. The van der Waals surface area contributed by atoms with Crippen LogP contribution >= 0.6 is 0 Å². The quantitative estimate of drug-likeness (QED) is 0.944. The molecule has 3 heterocycles. The van der Waals surface area contributed by atoms with Crippen molar-refractivity contribution in [2.75, 3.05) is 0 Å². The van der Waals surface area contributed by atoms with Crippen LogP contribution in [0, 0.1) is 6.92 Å². The number of hydrogen-bond donors (Lipinski definition) is 1. The van der Waals surface area contributed by atoms with E-state index in [-0.39, 0.29) is 5.88 Å². The van der Waals surface area contributed by atoms with Gasteiger partial charge in [0.1, 0.15) is 5.82 Å². The van der Waals surface area contributed by atoms with Crippen molar-refractivity contribution in [2.24, 2.45) is 0 Å². The topological polar surface area (TPSA) is 52.0 Å². The molecule has 1 aliphatic heterocycles. The molecule has 112 valence electrons. The number of halogens is 2. The first-order chi connectivity index (χ1) is 10.1. The molecule has 1 N–H and O–H groups in total. The second-order valence-corrected chi connectivity index (χ2v) is 5.08. The lowest BCUT2D eigenvalue weighted by atomic mass is 10.1. The normalized spacial score (nSPS) is 17.9. The third-order valence-corrected chi connectivity index (χ3v) is 3.56. The van der Waals surface area contributed by atoms with Crippen LogP contribution in [0.4, 0.5) is 8.78 Å². The smallest absolute Gasteiger partial charge is 0.388 e. The Kier molecular flexibility index (Phi) is 3.59. The van der Waals surface area contributed by atoms with Gasteiger partial charge in [-0.05, 0) is 26.0 Å². The number of alkyl halides is 2. The predicted molar refractivity (Wildman–Crippen MR) is 73.1 cm³/mol. The van der Waals surface area contributed by atoms with Crippen LogP contribution in [0.1, 0.15) is 18.4 Å². The number of nitrogens with one attached hydrogen (secondary N) is 1. The molecule has 0 spiro atoms. The average Bonchev–Trinajstić information content (AvgIpc) is 2.76. The molecule has 0 fully saturated rings. The lowest BCUT2D eigenvalue weighted by molar-refractivity contribution is -0.0524. The van der Waals surface area contributed by atoms with E-state index >= 15 is 0 Å². The van der Waals surface area contributed by atoms with Crippen molar-refractivity contribution in [1.82, 2.24) is 19.9 Å². The zero-order chi connectivity index (χ0) is 15.0. The first kappa shape index (κ1) is 13.9. The zero-order valence-electron chi connectivity index (χ0n) is 11.8. The fraction of sp³-hybridized carbons (Fsp3) is 0.429. The maximum Gasteiger partial charge on any atom is 0.388 e. The minimum absolute atomic E-state index is 0.0907. The standard InChI is InChI=1S/C14H16F2N4O/c1-8-7-20-9(2)19-12(11(20)6-18-8)10-4-3-5-17-13(10)21-14(15)16/h3-5,8,14,18H,6-7H2,1-2H3. The molecule has 1 aliphatic rings. The highest BCUT2D eigenvalue weighted by Gasteiger charge is 2.24. The van der Waals surface area contributed by atoms with Crippen molar-refractivity contribution in [2.45, 2.75) is 39.6 Å². The first-order valence-corrected chi connectivity index (χ1v) is 6.76. The first-order valence-electron chi connectivity index (χ1n) is 6.76. The van der Waals surface area contributed by atoms with Crippen LogP contribution in [-0.4, -0.2) is 27.2 Å². The maximum atomic E-state index is 12.5. The summed E-state index contributed by atoms with van der Waals surface area (Å²) in [4.78, 5) is 8.42. The zero-order valence-corrected chi connectivity index (χ0v) is 11.8. The Hall–Kier alpha value is -2.02. The van der Waals surface area contributed by atoms with Crippen molar-refractivity contribution >= 4 is 0 Å². The lowest BCUT2D eigenvalue weighted by Crippen LogP contribution is -2.36. The minimum Gasteiger partial charge on any atom is -0.416 e. The molecule has 2 aromatic rings. The van der Waals surface area contributed by atoms with Gasteiger partial charge in [0.25, 0.3) is 0 Å². The maximum absolute atomic E-state index is 12.5. The van der Waals surface area contributed by atoms with E-state index in [1.807, 2.05) is 6.92 Å². The third kappa shape index (κ3) is 2.61. The van der Waals surface area contributed by atoms with Crippen LogP contribution in [0.3, 0.4) is 0 Å². The number of imidazole rings is 1. The van der Waals surface area contributed by atoms with E-state index in [1.54, 1.807) is 12.1 Å². The van der Waals surface area contributed by atoms with Gasteiger partial charge in [-0.3, -0.25) is 0 Å². The highest BCUT2D eigenvalue weighted by molar-refractivity contribution is 5.67. The Balaban J connectivity index is 2.08. The van der Waals surface area contributed by atoms with E-state index in [4.69, 9.17) is 0 Å². The monoisotopic (exact) mass is 294 g/mol. The summed E-state index contributed by atoms with van der Waals surface area (Å²) in [6.45, 7) is 2.54. The number of pyridine rings is 1. The van der Waals surface area contributed by atoms with Crippen LogP contribution in [0.2, 0.25) is 0 Å². The average molecular weight is 294 g/mol. The second-order valence-electron chi connectivity index (χ2n) is 5.08. The summed E-state index contributed by atoms with van der Waals surface area (Å²) in [5.74, 6) is 0.771. The molecule has 0 amide bonds. The van der Waals surface area contributed by atoms with Gasteiger partial charge in [-0.1, -0.05) is 0 Å². The summed E-state index contributed by atoms with van der Waals surface area (Å²) in [5, 5.41) is 3.35. The number of rotatable bonds is 3. The van der Waals surface area contributed by atoms with Crippen molar-refractivity contribution in [1.29, 1.82) is 0 Å². The van der Waals surface area contributed by atoms with Crippen LogP contribution in [-0.2, 0) is 13.1 Å². The fourth-order valence-electron chi connectivity index (χ4n) is 2.61. The Morgan fingerprint density at radius 3 is 3.05 bits per heavy atom. The Labute approximate surface area is 121 Å². The van der Waals surface area contributed by atoms with Gasteiger partial charge in [0.2, 0.25) is 5.88 Å². The van der Waals surface area contributed by atoms with E-state index in [2.05, 4.69) is 31.5 Å². The van der Waals surface area contributed by atoms with Crippen molar-refractivity contribution < 1.29 is 13.5 Å². The summed E-state index contributed by atoms with van der Waals surface area (Å²) in [7, 11) is 0. The summed E-state index contributed by atoms with van der Waals surface area (Å²) in [6.07, 6.45) is 1.43. The van der Waals surface area contributed by atoms with E-state index in [0.717, 1.165) is 18.1 Å². The highest BCUT2D eigenvalue weighted by atomic mass is 19.3. The molecule has 0 bridgehead atoms. The predicted octanol–water partition coefficient (Wildman–Crippen LogP) is 2.35. The van der Waals surface area contributed by atoms with E-state index in [9.17, 15) is 8.78 Å². The van der Waals surface area contributed by atoms with Gasteiger partial charge >= 0.3 is 6.61 Å². The molecule has 0 aromatic carbocycles.